The van der Waals surface area contributed by atoms with Gasteiger partial charge in [0.15, 0.2) is 0 Å². The van der Waals surface area contributed by atoms with Crippen molar-refractivity contribution in [3.63, 3.8) is 0 Å². The quantitative estimate of drug-likeness (QED) is 0.493. The third-order valence-electron chi connectivity index (χ3n) is 0.866. The summed E-state index contributed by atoms with van der Waals surface area (Å²) in [5.41, 5.74) is 0. The number of nitrogens with one attached hydrogen (secondary N) is 1. The topological polar surface area (TPSA) is 41.5 Å². The van der Waals surface area contributed by atoms with E-state index in [2.05, 4.69) is 5.32 Å². The van der Waals surface area contributed by atoms with Crippen molar-refractivity contribution in [1.82, 2.24) is 5.32 Å². The Labute approximate surface area is 49.7 Å². The lowest BCUT2D eigenvalue weighted by Gasteiger charge is -2.08. The SMILES string of the molecule is CNC(C)OCCO. The fraction of sp³-hybridized carbons (Fsp3) is 1.00. The first kappa shape index (κ1) is 7.88. The minimum absolute atomic E-state index is 0.0437. The third-order valence-corrected chi connectivity index (χ3v) is 0.866. The summed E-state index contributed by atoms with van der Waals surface area (Å²) in [5, 5.41) is 11.1. The molecule has 0 aromatic heterocycles. The number of rotatable bonds is 4. The van der Waals surface area contributed by atoms with Crippen LogP contribution in [-0.2, 0) is 4.74 Å². The van der Waals surface area contributed by atoms with E-state index < -0.39 is 0 Å². The van der Waals surface area contributed by atoms with Crippen LogP contribution in [0.15, 0.2) is 0 Å². The zero-order valence-electron chi connectivity index (χ0n) is 5.35. The van der Waals surface area contributed by atoms with Gasteiger partial charge in [-0.15, -0.1) is 0 Å². The molecule has 0 aliphatic carbocycles. The molecule has 0 aliphatic heterocycles. The molecule has 3 heteroatoms. The number of hydrogen-bond donors (Lipinski definition) is 2. The van der Waals surface area contributed by atoms with Crippen LogP contribution < -0.4 is 5.32 Å². The molecular weight excluding hydrogens is 106 g/mol. The van der Waals surface area contributed by atoms with Gasteiger partial charge in [-0.2, -0.15) is 0 Å². The van der Waals surface area contributed by atoms with Crippen LogP contribution in [0.1, 0.15) is 6.92 Å². The highest BCUT2D eigenvalue weighted by atomic mass is 16.5. The molecule has 0 aromatic carbocycles. The van der Waals surface area contributed by atoms with Crippen LogP contribution in [0.5, 0.6) is 0 Å². The van der Waals surface area contributed by atoms with Crippen LogP contribution in [0.2, 0.25) is 0 Å². The van der Waals surface area contributed by atoms with Crippen LogP contribution in [0.25, 0.3) is 0 Å². The van der Waals surface area contributed by atoms with Gasteiger partial charge in [-0.3, -0.25) is 5.32 Å². The maximum absolute atomic E-state index is 8.26. The Morgan fingerprint density at radius 2 is 2.38 bits per heavy atom. The molecule has 1 atom stereocenters. The van der Waals surface area contributed by atoms with Gasteiger partial charge in [0.05, 0.1) is 13.2 Å². The van der Waals surface area contributed by atoms with E-state index in [1.807, 2.05) is 14.0 Å². The summed E-state index contributed by atoms with van der Waals surface area (Å²) in [4.78, 5) is 0. The Bertz CT molecular complexity index is 49.7. The number of aliphatic hydroxyl groups is 1. The van der Waals surface area contributed by atoms with E-state index in [0.29, 0.717) is 6.61 Å². The Morgan fingerprint density at radius 1 is 1.75 bits per heavy atom. The van der Waals surface area contributed by atoms with Gasteiger partial charge in [0.2, 0.25) is 0 Å². The highest BCUT2D eigenvalue weighted by molar-refractivity contribution is 4.37. The summed E-state index contributed by atoms with van der Waals surface area (Å²) in [6.07, 6.45) is 0.0437. The lowest BCUT2D eigenvalue weighted by molar-refractivity contribution is 0.0247. The van der Waals surface area contributed by atoms with Crippen molar-refractivity contribution in [3.05, 3.63) is 0 Å². The molecule has 0 saturated heterocycles. The molecule has 0 saturated carbocycles. The molecule has 0 fully saturated rings. The van der Waals surface area contributed by atoms with Crippen molar-refractivity contribution in [2.75, 3.05) is 20.3 Å². The Hall–Kier alpha value is -0.120. The van der Waals surface area contributed by atoms with Gasteiger partial charge in [0, 0.05) is 0 Å². The standard InChI is InChI=1S/C5H13NO2/c1-5(6-2)8-4-3-7/h5-7H,3-4H2,1-2H3. The first-order chi connectivity index (χ1) is 3.81. The van der Waals surface area contributed by atoms with Gasteiger partial charge in [-0.1, -0.05) is 0 Å². The Balaban J connectivity index is 2.86. The molecule has 0 aromatic rings. The molecule has 0 radical (unpaired) electrons. The van der Waals surface area contributed by atoms with Crippen LogP contribution in [0.4, 0.5) is 0 Å². The van der Waals surface area contributed by atoms with Crippen molar-refractivity contribution in [1.29, 1.82) is 0 Å². The molecule has 0 spiro atoms. The van der Waals surface area contributed by atoms with Gasteiger partial charge in [-0.05, 0) is 14.0 Å². The van der Waals surface area contributed by atoms with Crippen molar-refractivity contribution in [3.8, 4) is 0 Å². The number of aliphatic hydroxyl groups excluding tert-OH is 1. The van der Waals surface area contributed by atoms with E-state index >= 15 is 0 Å². The monoisotopic (exact) mass is 119 g/mol. The minimum atomic E-state index is 0.0437. The van der Waals surface area contributed by atoms with Crippen LogP contribution >= 0.6 is 0 Å². The van der Waals surface area contributed by atoms with E-state index in [1.54, 1.807) is 0 Å². The summed E-state index contributed by atoms with van der Waals surface area (Å²) in [6.45, 7) is 2.38. The largest absolute Gasteiger partial charge is 0.394 e. The highest BCUT2D eigenvalue weighted by Crippen LogP contribution is 1.80. The molecule has 0 amide bonds. The molecule has 1 unspecified atom stereocenters. The summed E-state index contributed by atoms with van der Waals surface area (Å²) in [5.74, 6) is 0. The number of hydrogen-bond acceptors (Lipinski definition) is 3. The van der Waals surface area contributed by atoms with Gasteiger partial charge >= 0.3 is 0 Å². The highest BCUT2D eigenvalue weighted by Gasteiger charge is 1.92. The Morgan fingerprint density at radius 3 is 2.75 bits per heavy atom. The van der Waals surface area contributed by atoms with Crippen LogP contribution in [-0.4, -0.2) is 31.6 Å². The van der Waals surface area contributed by atoms with Crippen molar-refractivity contribution < 1.29 is 9.84 Å². The summed E-state index contributed by atoms with van der Waals surface area (Å²) >= 11 is 0. The maximum atomic E-state index is 8.26. The zero-order chi connectivity index (χ0) is 6.41. The second-order valence-electron chi connectivity index (χ2n) is 1.53. The fourth-order valence-electron chi connectivity index (χ4n) is 0.313. The predicted octanol–water partition coefficient (Wildman–Crippen LogP) is -0.439. The molecule has 0 aliphatic rings. The molecular formula is C5H13NO2. The van der Waals surface area contributed by atoms with E-state index in [0.717, 1.165) is 0 Å². The summed E-state index contributed by atoms with van der Waals surface area (Å²) in [6, 6.07) is 0. The average molecular weight is 119 g/mol. The maximum Gasteiger partial charge on any atom is 0.105 e. The van der Waals surface area contributed by atoms with Crippen molar-refractivity contribution in [2.45, 2.75) is 13.2 Å². The lowest BCUT2D eigenvalue weighted by Crippen LogP contribution is -2.25. The molecule has 8 heavy (non-hydrogen) atoms. The average Bonchev–Trinajstić information content (AvgIpc) is 1.83. The van der Waals surface area contributed by atoms with Crippen molar-refractivity contribution >= 4 is 0 Å². The lowest BCUT2D eigenvalue weighted by atomic mass is 10.6. The second-order valence-corrected chi connectivity index (χ2v) is 1.53. The van der Waals surface area contributed by atoms with Crippen LogP contribution in [0, 0.1) is 0 Å². The van der Waals surface area contributed by atoms with Gasteiger partial charge < -0.3 is 9.84 Å². The van der Waals surface area contributed by atoms with E-state index in [4.69, 9.17) is 9.84 Å². The second kappa shape index (κ2) is 5.03. The fourth-order valence-corrected chi connectivity index (χ4v) is 0.313. The van der Waals surface area contributed by atoms with Crippen LogP contribution in [0.3, 0.4) is 0 Å². The molecule has 3 nitrogen and oxygen atoms in total. The molecule has 0 rings (SSSR count). The summed E-state index contributed by atoms with van der Waals surface area (Å²) in [7, 11) is 1.81. The third kappa shape index (κ3) is 4.05. The van der Waals surface area contributed by atoms with Crippen molar-refractivity contribution in [2.24, 2.45) is 0 Å². The molecule has 50 valence electrons. The Kier molecular flexibility index (Phi) is 4.95. The minimum Gasteiger partial charge on any atom is -0.394 e. The van der Waals surface area contributed by atoms with E-state index in [-0.39, 0.29) is 12.8 Å². The normalized spacial score (nSPS) is 13.9. The summed E-state index contributed by atoms with van der Waals surface area (Å²) < 4.78 is 4.98. The zero-order valence-corrected chi connectivity index (χ0v) is 5.35. The van der Waals surface area contributed by atoms with Gasteiger partial charge in [0.25, 0.3) is 0 Å². The smallest absolute Gasteiger partial charge is 0.105 e. The predicted molar refractivity (Wildman–Crippen MR) is 31.6 cm³/mol. The first-order valence-electron chi connectivity index (χ1n) is 2.71. The molecule has 0 heterocycles. The van der Waals surface area contributed by atoms with E-state index in [1.165, 1.54) is 0 Å². The molecule has 2 N–H and O–H groups in total. The van der Waals surface area contributed by atoms with E-state index in [9.17, 15) is 0 Å². The first-order valence-corrected chi connectivity index (χ1v) is 2.71. The van der Waals surface area contributed by atoms with Gasteiger partial charge in [-0.25, -0.2) is 0 Å². The molecule has 0 bridgehead atoms. The van der Waals surface area contributed by atoms with Gasteiger partial charge in [0.1, 0.15) is 6.23 Å². The number of ether oxygens (including phenoxy) is 1.